The van der Waals surface area contributed by atoms with Crippen LogP contribution in [0.2, 0.25) is 0 Å². The van der Waals surface area contributed by atoms with E-state index in [2.05, 4.69) is 17.2 Å². The molecular weight excluding hydrogens is 346 g/mol. The van der Waals surface area contributed by atoms with Gasteiger partial charge < -0.3 is 9.42 Å². The quantitative estimate of drug-likeness (QED) is 0.742. The van der Waals surface area contributed by atoms with Crippen LogP contribution in [-0.4, -0.2) is 36.9 Å². The van der Waals surface area contributed by atoms with E-state index in [1.54, 1.807) is 4.57 Å². The van der Waals surface area contributed by atoms with Crippen LogP contribution in [0, 0.1) is 13.8 Å². The SMILES string of the molecule is CCCCc1nn(CC(=O)N2CCC[C@@H]2c2c(C)noc2C)c(=O)n1CC. The maximum atomic E-state index is 13.0. The van der Waals surface area contributed by atoms with Crippen LogP contribution in [0.5, 0.6) is 0 Å². The normalized spacial score (nSPS) is 17.0. The molecule has 148 valence electrons. The Morgan fingerprint density at radius 1 is 1.30 bits per heavy atom. The number of rotatable bonds is 7. The van der Waals surface area contributed by atoms with Crippen molar-refractivity contribution in [2.75, 3.05) is 6.54 Å². The van der Waals surface area contributed by atoms with E-state index in [0.717, 1.165) is 54.9 Å². The van der Waals surface area contributed by atoms with Crippen molar-refractivity contribution in [3.05, 3.63) is 33.3 Å². The lowest BCUT2D eigenvalue weighted by atomic mass is 10.0. The number of aromatic nitrogens is 4. The minimum atomic E-state index is -0.204. The van der Waals surface area contributed by atoms with Crippen LogP contribution < -0.4 is 5.69 Å². The number of aryl methyl sites for hydroxylation is 3. The molecule has 0 spiro atoms. The Morgan fingerprint density at radius 2 is 2.07 bits per heavy atom. The average Bonchev–Trinajstić information content (AvgIpc) is 3.32. The first-order valence-corrected chi connectivity index (χ1v) is 9.86. The summed E-state index contributed by atoms with van der Waals surface area (Å²) in [6.07, 6.45) is 4.59. The maximum Gasteiger partial charge on any atom is 0.346 e. The molecule has 8 heteroatoms. The second-order valence-electron chi connectivity index (χ2n) is 7.19. The highest BCUT2D eigenvalue weighted by Gasteiger charge is 2.34. The standard InChI is InChI=1S/C19H29N5O3/c1-5-7-10-16-20-24(19(26)22(16)6-2)12-17(25)23-11-8-9-15(23)18-13(3)21-27-14(18)4/h15H,5-12H2,1-4H3/t15-/m1/s1. The zero-order chi connectivity index (χ0) is 19.6. The molecule has 3 rings (SSSR count). The summed E-state index contributed by atoms with van der Waals surface area (Å²) in [5, 5.41) is 8.46. The van der Waals surface area contributed by atoms with Gasteiger partial charge in [0.1, 0.15) is 18.1 Å². The number of hydrogen-bond acceptors (Lipinski definition) is 5. The van der Waals surface area contributed by atoms with Crippen LogP contribution in [0.3, 0.4) is 0 Å². The van der Waals surface area contributed by atoms with Gasteiger partial charge in [-0.05, 0) is 40.0 Å². The molecule has 1 saturated heterocycles. The Bertz CT molecular complexity index is 844. The van der Waals surface area contributed by atoms with E-state index in [9.17, 15) is 9.59 Å². The molecule has 1 fully saturated rings. The van der Waals surface area contributed by atoms with Gasteiger partial charge in [0.15, 0.2) is 0 Å². The fraction of sp³-hybridized carbons (Fsp3) is 0.684. The molecule has 1 aliphatic rings. The highest BCUT2D eigenvalue weighted by Crippen LogP contribution is 2.35. The van der Waals surface area contributed by atoms with E-state index in [4.69, 9.17) is 4.52 Å². The molecule has 1 aliphatic heterocycles. The lowest BCUT2D eigenvalue weighted by molar-refractivity contribution is -0.133. The third-order valence-corrected chi connectivity index (χ3v) is 5.35. The van der Waals surface area contributed by atoms with E-state index in [1.807, 2.05) is 25.7 Å². The largest absolute Gasteiger partial charge is 0.361 e. The van der Waals surface area contributed by atoms with E-state index in [-0.39, 0.29) is 24.2 Å². The van der Waals surface area contributed by atoms with Gasteiger partial charge in [0.05, 0.1) is 11.7 Å². The van der Waals surface area contributed by atoms with Gasteiger partial charge in [0.2, 0.25) is 5.91 Å². The molecular formula is C19H29N5O3. The minimum Gasteiger partial charge on any atom is -0.361 e. The Hall–Kier alpha value is -2.38. The molecule has 0 N–H and O–H groups in total. The van der Waals surface area contributed by atoms with Gasteiger partial charge in [-0.3, -0.25) is 9.36 Å². The number of likely N-dealkylation sites (tertiary alicyclic amines) is 1. The summed E-state index contributed by atoms with van der Waals surface area (Å²) in [5.74, 6) is 1.44. The second-order valence-corrected chi connectivity index (χ2v) is 7.19. The van der Waals surface area contributed by atoms with Crippen LogP contribution in [0.4, 0.5) is 0 Å². The molecule has 0 radical (unpaired) electrons. The molecule has 0 saturated carbocycles. The van der Waals surface area contributed by atoms with Crippen molar-refractivity contribution >= 4 is 5.91 Å². The molecule has 2 aromatic rings. The van der Waals surface area contributed by atoms with Gasteiger partial charge in [-0.15, -0.1) is 0 Å². The number of hydrogen-bond donors (Lipinski definition) is 0. The van der Waals surface area contributed by atoms with Crippen LogP contribution >= 0.6 is 0 Å². The minimum absolute atomic E-state index is 0.0230. The monoisotopic (exact) mass is 375 g/mol. The predicted molar refractivity (Wildman–Crippen MR) is 100 cm³/mol. The third kappa shape index (κ3) is 3.70. The molecule has 2 aromatic heterocycles. The fourth-order valence-corrected chi connectivity index (χ4v) is 3.98. The van der Waals surface area contributed by atoms with Crippen molar-refractivity contribution < 1.29 is 9.32 Å². The number of nitrogens with zero attached hydrogens (tertiary/aromatic N) is 5. The number of carbonyl (C=O) groups excluding carboxylic acids is 1. The summed E-state index contributed by atoms with van der Waals surface area (Å²) in [6, 6.07) is -0.0349. The lowest BCUT2D eigenvalue weighted by Crippen LogP contribution is -2.37. The van der Waals surface area contributed by atoms with Crippen molar-refractivity contribution in [3.63, 3.8) is 0 Å². The van der Waals surface area contributed by atoms with Crippen LogP contribution in [0.1, 0.15) is 68.4 Å². The first-order valence-electron chi connectivity index (χ1n) is 9.86. The summed E-state index contributed by atoms with van der Waals surface area (Å²) < 4.78 is 8.27. The van der Waals surface area contributed by atoms with E-state index in [0.29, 0.717) is 13.1 Å². The Kier molecular flexibility index (Phi) is 5.82. The molecule has 27 heavy (non-hydrogen) atoms. The van der Waals surface area contributed by atoms with Crippen molar-refractivity contribution in [2.24, 2.45) is 0 Å². The molecule has 0 aliphatic carbocycles. The third-order valence-electron chi connectivity index (χ3n) is 5.35. The van der Waals surface area contributed by atoms with Gasteiger partial charge in [0, 0.05) is 25.1 Å². The first kappa shape index (κ1) is 19.4. The van der Waals surface area contributed by atoms with Crippen molar-refractivity contribution in [3.8, 4) is 0 Å². The molecule has 8 nitrogen and oxygen atoms in total. The summed E-state index contributed by atoms with van der Waals surface area (Å²) in [5.41, 5.74) is 1.62. The summed E-state index contributed by atoms with van der Waals surface area (Å²) in [6.45, 7) is 9.04. The molecule has 1 amide bonds. The summed E-state index contributed by atoms with van der Waals surface area (Å²) in [4.78, 5) is 27.4. The van der Waals surface area contributed by atoms with Crippen LogP contribution in [0.15, 0.2) is 9.32 Å². The zero-order valence-electron chi connectivity index (χ0n) is 16.7. The molecule has 1 atom stereocenters. The molecule has 0 aromatic carbocycles. The van der Waals surface area contributed by atoms with Crippen LogP contribution in [0.25, 0.3) is 0 Å². The smallest absolute Gasteiger partial charge is 0.346 e. The molecule has 0 unspecified atom stereocenters. The number of unbranched alkanes of at least 4 members (excludes halogenated alkanes) is 1. The van der Waals surface area contributed by atoms with Crippen LogP contribution in [-0.2, 0) is 24.3 Å². The average molecular weight is 375 g/mol. The van der Waals surface area contributed by atoms with Gasteiger partial charge in [-0.2, -0.15) is 5.10 Å². The second kappa shape index (κ2) is 8.10. The fourth-order valence-electron chi connectivity index (χ4n) is 3.98. The van der Waals surface area contributed by atoms with E-state index >= 15 is 0 Å². The Labute approximate surface area is 159 Å². The van der Waals surface area contributed by atoms with Crippen molar-refractivity contribution in [2.45, 2.75) is 78.9 Å². The summed E-state index contributed by atoms with van der Waals surface area (Å²) >= 11 is 0. The number of carbonyl (C=O) groups is 1. The molecule has 0 bridgehead atoms. The van der Waals surface area contributed by atoms with Gasteiger partial charge in [0.25, 0.3) is 0 Å². The Morgan fingerprint density at radius 3 is 2.70 bits per heavy atom. The van der Waals surface area contributed by atoms with Crippen molar-refractivity contribution in [1.29, 1.82) is 0 Å². The zero-order valence-corrected chi connectivity index (χ0v) is 16.7. The summed E-state index contributed by atoms with van der Waals surface area (Å²) in [7, 11) is 0. The topological polar surface area (TPSA) is 86.2 Å². The first-order chi connectivity index (χ1) is 13.0. The van der Waals surface area contributed by atoms with E-state index < -0.39 is 0 Å². The predicted octanol–water partition coefficient (Wildman–Crippen LogP) is 2.38. The van der Waals surface area contributed by atoms with Gasteiger partial charge in [-0.25, -0.2) is 9.48 Å². The Balaban J connectivity index is 1.81. The maximum absolute atomic E-state index is 13.0. The highest BCUT2D eigenvalue weighted by molar-refractivity contribution is 5.76. The van der Waals surface area contributed by atoms with Gasteiger partial charge in [-0.1, -0.05) is 18.5 Å². The van der Waals surface area contributed by atoms with Crippen molar-refractivity contribution in [1.82, 2.24) is 24.4 Å². The highest BCUT2D eigenvalue weighted by atomic mass is 16.5. The molecule has 3 heterocycles. The number of amides is 1. The van der Waals surface area contributed by atoms with Gasteiger partial charge >= 0.3 is 5.69 Å². The van der Waals surface area contributed by atoms with E-state index in [1.165, 1.54) is 4.68 Å². The lowest BCUT2D eigenvalue weighted by Gasteiger charge is -2.24.